The maximum absolute atomic E-state index is 12.5. The number of aromatic nitrogens is 3. The largest absolute Gasteiger partial charge is 0.497 e. The average molecular weight is 364 g/mol. The zero-order chi connectivity index (χ0) is 18.8. The van der Waals surface area contributed by atoms with Gasteiger partial charge in [0, 0.05) is 6.07 Å². The maximum Gasteiger partial charge on any atom is 0.361 e. The third kappa shape index (κ3) is 3.24. The lowest BCUT2D eigenvalue weighted by molar-refractivity contribution is -0.115. The highest BCUT2D eigenvalue weighted by molar-refractivity contribution is 5.98. The van der Waals surface area contributed by atoms with E-state index in [9.17, 15) is 9.59 Å². The molecule has 4 rings (SSSR count). The van der Waals surface area contributed by atoms with Gasteiger partial charge in [-0.3, -0.25) is 4.79 Å². The number of carbonyl (C=O) groups is 2. The van der Waals surface area contributed by atoms with Gasteiger partial charge in [-0.15, -0.1) is 5.10 Å². The number of benzene rings is 2. The molecule has 0 saturated heterocycles. The number of hydrogen-bond donors (Lipinski definition) is 1. The first-order chi connectivity index (χ1) is 13.2. The number of nitrogens with zero attached hydrogens (tertiary/aromatic N) is 3. The van der Waals surface area contributed by atoms with Crippen molar-refractivity contribution in [1.82, 2.24) is 15.0 Å². The Labute approximate surface area is 154 Å². The standard InChI is InChI=1S/C19H16N4O4/c1-26-13-7-8-14-15(9-13)23-16(10-17(24)20-14)18(21-22-23)19(25)27-11-12-5-3-2-4-6-12/h2-9H,10-11H2,1H3,(H,20,24). The third-order valence-electron chi connectivity index (χ3n) is 4.20. The van der Waals surface area contributed by atoms with Gasteiger partial charge >= 0.3 is 5.97 Å². The summed E-state index contributed by atoms with van der Waals surface area (Å²) in [7, 11) is 1.55. The van der Waals surface area contributed by atoms with Gasteiger partial charge in [0.1, 0.15) is 12.4 Å². The molecule has 0 spiro atoms. The van der Waals surface area contributed by atoms with Crippen LogP contribution < -0.4 is 10.1 Å². The summed E-state index contributed by atoms with van der Waals surface area (Å²) in [6, 6.07) is 14.5. The van der Waals surface area contributed by atoms with Crippen molar-refractivity contribution in [3.63, 3.8) is 0 Å². The van der Waals surface area contributed by atoms with Crippen LogP contribution in [0, 0.1) is 0 Å². The lowest BCUT2D eigenvalue weighted by Crippen LogP contribution is -2.16. The van der Waals surface area contributed by atoms with Crippen molar-refractivity contribution in [2.75, 3.05) is 12.4 Å². The van der Waals surface area contributed by atoms with Crippen LogP contribution in [0.15, 0.2) is 48.5 Å². The molecule has 0 aliphatic carbocycles. The van der Waals surface area contributed by atoms with Gasteiger partial charge < -0.3 is 14.8 Å². The normalized spacial score (nSPS) is 12.4. The van der Waals surface area contributed by atoms with Crippen LogP contribution in [-0.4, -0.2) is 34.0 Å². The Morgan fingerprint density at radius 2 is 2.04 bits per heavy atom. The molecule has 136 valence electrons. The summed E-state index contributed by atoms with van der Waals surface area (Å²) in [4.78, 5) is 24.8. The molecule has 2 aromatic carbocycles. The van der Waals surface area contributed by atoms with Crippen LogP contribution in [0.25, 0.3) is 5.69 Å². The van der Waals surface area contributed by atoms with Gasteiger partial charge in [0.2, 0.25) is 5.91 Å². The van der Waals surface area contributed by atoms with E-state index in [0.29, 0.717) is 22.8 Å². The van der Waals surface area contributed by atoms with E-state index in [-0.39, 0.29) is 24.6 Å². The van der Waals surface area contributed by atoms with E-state index in [2.05, 4.69) is 15.6 Å². The second kappa shape index (κ2) is 6.91. The van der Waals surface area contributed by atoms with Crippen molar-refractivity contribution < 1.29 is 19.1 Å². The minimum Gasteiger partial charge on any atom is -0.497 e. The van der Waals surface area contributed by atoms with Crippen LogP contribution in [-0.2, 0) is 22.6 Å². The second-order valence-electron chi connectivity index (χ2n) is 5.97. The predicted octanol–water partition coefficient (Wildman–Crippen LogP) is 2.13. The molecule has 2 heterocycles. The second-order valence-corrected chi connectivity index (χ2v) is 5.97. The Hall–Kier alpha value is -3.68. The molecular formula is C19H16N4O4. The number of carbonyl (C=O) groups excluding carboxylic acids is 2. The van der Waals surface area contributed by atoms with Gasteiger partial charge in [0.05, 0.1) is 30.6 Å². The molecule has 27 heavy (non-hydrogen) atoms. The van der Waals surface area contributed by atoms with Crippen molar-refractivity contribution >= 4 is 17.6 Å². The molecule has 0 fully saturated rings. The minimum atomic E-state index is -0.626. The van der Waals surface area contributed by atoms with Crippen molar-refractivity contribution in [2.24, 2.45) is 0 Å². The highest BCUT2D eigenvalue weighted by Crippen LogP contribution is 2.29. The van der Waals surface area contributed by atoms with Gasteiger partial charge in [-0.05, 0) is 17.7 Å². The maximum atomic E-state index is 12.5. The minimum absolute atomic E-state index is 0.0248. The quantitative estimate of drug-likeness (QED) is 0.713. The number of nitrogens with one attached hydrogen (secondary N) is 1. The van der Waals surface area contributed by atoms with Crippen LogP contribution in [0.5, 0.6) is 5.75 Å². The lowest BCUT2D eigenvalue weighted by atomic mass is 10.2. The number of rotatable bonds is 4. The van der Waals surface area contributed by atoms with Gasteiger partial charge in [0.25, 0.3) is 0 Å². The molecule has 1 amide bonds. The number of amides is 1. The molecule has 8 nitrogen and oxygen atoms in total. The molecule has 0 unspecified atom stereocenters. The monoisotopic (exact) mass is 364 g/mol. The average Bonchev–Trinajstić information content (AvgIpc) is 3.04. The summed E-state index contributed by atoms with van der Waals surface area (Å²) in [5, 5.41) is 10.8. The molecule has 1 aliphatic rings. The lowest BCUT2D eigenvalue weighted by Gasteiger charge is -2.09. The van der Waals surface area contributed by atoms with Crippen molar-refractivity contribution in [3.8, 4) is 11.4 Å². The highest BCUT2D eigenvalue weighted by atomic mass is 16.5. The van der Waals surface area contributed by atoms with Crippen molar-refractivity contribution in [3.05, 3.63) is 65.5 Å². The van der Waals surface area contributed by atoms with E-state index in [1.165, 1.54) is 4.68 Å². The molecule has 1 aromatic heterocycles. The fourth-order valence-electron chi connectivity index (χ4n) is 2.87. The summed E-state index contributed by atoms with van der Waals surface area (Å²) in [6.07, 6.45) is -0.0419. The zero-order valence-electron chi connectivity index (χ0n) is 14.5. The summed E-state index contributed by atoms with van der Waals surface area (Å²) in [5.41, 5.74) is 2.39. The molecule has 3 aromatic rings. The molecule has 0 saturated carbocycles. The molecule has 0 atom stereocenters. The smallest absolute Gasteiger partial charge is 0.361 e. The van der Waals surface area contributed by atoms with Crippen LogP contribution in [0.1, 0.15) is 21.7 Å². The van der Waals surface area contributed by atoms with Gasteiger partial charge in [-0.1, -0.05) is 35.5 Å². The zero-order valence-corrected chi connectivity index (χ0v) is 14.5. The molecule has 1 aliphatic heterocycles. The number of methoxy groups -OCH3 is 1. The Balaban J connectivity index is 1.67. The van der Waals surface area contributed by atoms with E-state index < -0.39 is 5.97 Å². The summed E-state index contributed by atoms with van der Waals surface area (Å²) in [5.74, 6) is -0.293. The number of hydrogen-bond acceptors (Lipinski definition) is 6. The topological polar surface area (TPSA) is 95.3 Å². The summed E-state index contributed by atoms with van der Waals surface area (Å²) < 4.78 is 12.0. The molecule has 1 N–H and O–H groups in total. The van der Waals surface area contributed by atoms with Crippen LogP contribution in [0.4, 0.5) is 5.69 Å². The van der Waals surface area contributed by atoms with Crippen LogP contribution in [0.3, 0.4) is 0 Å². The van der Waals surface area contributed by atoms with Crippen molar-refractivity contribution in [2.45, 2.75) is 13.0 Å². The van der Waals surface area contributed by atoms with E-state index >= 15 is 0 Å². The Morgan fingerprint density at radius 3 is 2.81 bits per heavy atom. The molecule has 0 radical (unpaired) electrons. The predicted molar refractivity (Wildman–Crippen MR) is 95.8 cm³/mol. The van der Waals surface area contributed by atoms with E-state index in [1.807, 2.05) is 30.3 Å². The van der Waals surface area contributed by atoms with E-state index in [4.69, 9.17) is 9.47 Å². The first kappa shape index (κ1) is 16.8. The Kier molecular flexibility index (Phi) is 4.29. The molecule has 0 bridgehead atoms. The van der Waals surface area contributed by atoms with Crippen LogP contribution >= 0.6 is 0 Å². The Bertz CT molecular complexity index is 1010. The highest BCUT2D eigenvalue weighted by Gasteiger charge is 2.28. The fraction of sp³-hybridized carbons (Fsp3) is 0.158. The number of fused-ring (bicyclic) bond motifs is 3. The fourth-order valence-corrected chi connectivity index (χ4v) is 2.87. The third-order valence-corrected chi connectivity index (χ3v) is 4.20. The summed E-state index contributed by atoms with van der Waals surface area (Å²) in [6.45, 7) is 0.114. The number of anilines is 1. The first-order valence-corrected chi connectivity index (χ1v) is 8.29. The number of esters is 1. The molecule has 8 heteroatoms. The van der Waals surface area contributed by atoms with Crippen LogP contribution in [0.2, 0.25) is 0 Å². The van der Waals surface area contributed by atoms with Gasteiger partial charge in [0.15, 0.2) is 5.69 Å². The summed E-state index contributed by atoms with van der Waals surface area (Å²) >= 11 is 0. The number of ether oxygens (including phenoxy) is 2. The first-order valence-electron chi connectivity index (χ1n) is 8.29. The molecular weight excluding hydrogens is 348 g/mol. The van der Waals surface area contributed by atoms with Crippen molar-refractivity contribution in [1.29, 1.82) is 0 Å². The SMILES string of the molecule is COc1ccc2c(c1)-n1nnc(C(=O)OCc3ccccc3)c1CC(=O)N2. The van der Waals surface area contributed by atoms with E-state index in [0.717, 1.165) is 5.56 Å². The van der Waals surface area contributed by atoms with E-state index in [1.54, 1.807) is 25.3 Å². The van der Waals surface area contributed by atoms with Gasteiger partial charge in [-0.25, -0.2) is 9.48 Å². The Morgan fingerprint density at radius 1 is 1.22 bits per heavy atom. The van der Waals surface area contributed by atoms with Gasteiger partial charge in [-0.2, -0.15) is 0 Å².